The average Bonchev–Trinajstić information content (AvgIpc) is 2.92. The molecule has 0 saturated carbocycles. The molecule has 2 unspecified atom stereocenters. The van der Waals surface area contributed by atoms with E-state index in [9.17, 15) is 13.7 Å². The van der Waals surface area contributed by atoms with Gasteiger partial charge in [0.05, 0.1) is 11.3 Å². The Hall–Kier alpha value is -2.74. The van der Waals surface area contributed by atoms with E-state index in [0.29, 0.717) is 29.3 Å². The van der Waals surface area contributed by atoms with E-state index in [0.717, 1.165) is 6.07 Å². The molecule has 29 heavy (non-hydrogen) atoms. The van der Waals surface area contributed by atoms with E-state index in [2.05, 4.69) is 15.1 Å². The second kappa shape index (κ2) is 7.94. The molecule has 0 aliphatic carbocycles. The molecular weight excluding hydrogens is 395 g/mol. The first kappa shape index (κ1) is 21.0. The van der Waals surface area contributed by atoms with Crippen molar-refractivity contribution in [3.63, 3.8) is 0 Å². The monoisotopic (exact) mass is 418 g/mol. The first-order valence-electron chi connectivity index (χ1n) is 9.07. The van der Waals surface area contributed by atoms with Gasteiger partial charge in [0.1, 0.15) is 11.9 Å². The SMILES string of the molecule is CC(C)C[C@H]1C=Cc2c(nn(C)c2C(O)Nc2ccc(F)c(C#N)c2)S(=N)(=O)N1. The van der Waals surface area contributed by atoms with E-state index in [1.54, 1.807) is 19.2 Å². The number of rotatable bonds is 5. The van der Waals surface area contributed by atoms with Crippen LogP contribution in [0.5, 0.6) is 0 Å². The van der Waals surface area contributed by atoms with Gasteiger partial charge in [0.25, 0.3) is 0 Å². The summed E-state index contributed by atoms with van der Waals surface area (Å²) in [6.45, 7) is 4.07. The van der Waals surface area contributed by atoms with Crippen LogP contribution in [-0.2, 0) is 17.0 Å². The molecule has 3 rings (SSSR count). The van der Waals surface area contributed by atoms with Crippen LogP contribution in [0.4, 0.5) is 10.1 Å². The molecule has 2 aromatic rings. The van der Waals surface area contributed by atoms with Crippen molar-refractivity contribution in [1.29, 1.82) is 10.0 Å². The summed E-state index contributed by atoms with van der Waals surface area (Å²) in [7, 11) is -1.80. The van der Waals surface area contributed by atoms with Crippen molar-refractivity contribution in [3.8, 4) is 6.07 Å². The van der Waals surface area contributed by atoms with Gasteiger partial charge in [-0.15, -0.1) is 0 Å². The molecule has 0 fully saturated rings. The normalized spacial score (nSPS) is 22.0. The number of halogens is 1. The third-order valence-electron chi connectivity index (χ3n) is 4.56. The average molecular weight is 418 g/mol. The predicted octanol–water partition coefficient (Wildman–Crippen LogP) is 2.89. The molecular formula is C19H23FN6O2S. The van der Waals surface area contributed by atoms with Crippen LogP contribution in [0.25, 0.3) is 6.08 Å². The van der Waals surface area contributed by atoms with Gasteiger partial charge in [-0.1, -0.05) is 26.0 Å². The molecule has 8 nitrogen and oxygen atoms in total. The number of hydrogen-bond acceptors (Lipinski definition) is 6. The van der Waals surface area contributed by atoms with Crippen molar-refractivity contribution in [3.05, 3.63) is 46.9 Å². The highest BCUT2D eigenvalue weighted by molar-refractivity contribution is 7.90. The van der Waals surface area contributed by atoms with E-state index in [4.69, 9.17) is 10.0 Å². The molecule has 0 amide bonds. The van der Waals surface area contributed by atoms with Gasteiger partial charge in [-0.05, 0) is 30.5 Å². The fourth-order valence-corrected chi connectivity index (χ4v) is 4.74. The van der Waals surface area contributed by atoms with Gasteiger partial charge in [0.2, 0.25) is 0 Å². The number of aryl methyl sites for hydroxylation is 1. The number of aromatic nitrogens is 2. The third-order valence-corrected chi connectivity index (χ3v) is 6.04. The summed E-state index contributed by atoms with van der Waals surface area (Å²) in [5.74, 6) is -0.315. The van der Waals surface area contributed by atoms with Crippen molar-refractivity contribution >= 4 is 21.7 Å². The van der Waals surface area contributed by atoms with Gasteiger partial charge in [-0.25, -0.2) is 18.1 Å². The number of nitrogens with zero attached hydrogens (tertiary/aromatic N) is 3. The van der Waals surface area contributed by atoms with Crippen molar-refractivity contribution in [2.75, 3.05) is 5.32 Å². The standard InChI is InChI=1S/C19H23FN6O2S/c1-11(2)8-14-4-6-15-17(26(3)24-19(15)29(22,28)25-14)18(27)23-13-5-7-16(20)12(9-13)10-21/h4-7,9,11,14,18,23,27H,8H2,1-3H3,(H2,22,25,28)/t14-,18?,29?/m1/s1. The predicted molar refractivity (Wildman–Crippen MR) is 107 cm³/mol. The van der Waals surface area contributed by atoms with E-state index < -0.39 is 22.0 Å². The maximum Gasteiger partial charge on any atom is 0.179 e. The summed E-state index contributed by atoms with van der Waals surface area (Å²) >= 11 is 0. The third kappa shape index (κ3) is 4.32. The second-order valence-corrected chi connectivity index (χ2v) is 9.08. The molecule has 0 spiro atoms. The Morgan fingerprint density at radius 2 is 2.24 bits per heavy atom. The summed E-state index contributed by atoms with van der Waals surface area (Å²) in [5, 5.41) is 26.8. The number of aliphatic hydroxyl groups is 1. The number of hydrogen-bond donors (Lipinski definition) is 4. The molecule has 10 heteroatoms. The molecule has 0 saturated heterocycles. The van der Waals surface area contributed by atoms with Gasteiger partial charge < -0.3 is 10.4 Å². The van der Waals surface area contributed by atoms with E-state index in [1.165, 1.54) is 16.8 Å². The molecule has 4 N–H and O–H groups in total. The minimum atomic E-state index is -3.37. The van der Waals surface area contributed by atoms with E-state index >= 15 is 0 Å². The van der Waals surface area contributed by atoms with Crippen LogP contribution in [0.3, 0.4) is 0 Å². The number of nitrogens with one attached hydrogen (secondary N) is 3. The van der Waals surface area contributed by atoms with Crippen LogP contribution in [0.15, 0.2) is 29.3 Å². The van der Waals surface area contributed by atoms with Crippen molar-refractivity contribution in [1.82, 2.24) is 14.5 Å². The minimum absolute atomic E-state index is 0.0511. The van der Waals surface area contributed by atoms with E-state index in [-0.39, 0.29) is 16.6 Å². The molecule has 0 radical (unpaired) electrons. The number of anilines is 1. The van der Waals surface area contributed by atoms with Gasteiger partial charge >= 0.3 is 0 Å². The molecule has 1 aromatic heterocycles. The minimum Gasteiger partial charge on any atom is -0.368 e. The number of aliphatic hydroxyl groups excluding tert-OH is 1. The number of nitriles is 1. The summed E-state index contributed by atoms with van der Waals surface area (Å²) in [4.78, 5) is 0. The summed E-state index contributed by atoms with van der Waals surface area (Å²) in [6, 6.07) is 5.31. The van der Waals surface area contributed by atoms with Crippen LogP contribution >= 0.6 is 0 Å². The zero-order valence-electron chi connectivity index (χ0n) is 16.3. The summed E-state index contributed by atoms with van der Waals surface area (Å²) < 4.78 is 39.0. The van der Waals surface area contributed by atoms with Crippen molar-refractivity contribution in [2.24, 2.45) is 13.0 Å². The molecule has 154 valence electrons. The van der Waals surface area contributed by atoms with Crippen molar-refractivity contribution in [2.45, 2.75) is 37.6 Å². The van der Waals surface area contributed by atoms with Crippen LogP contribution in [0.2, 0.25) is 0 Å². The van der Waals surface area contributed by atoms with E-state index in [1.807, 2.05) is 19.9 Å². The largest absolute Gasteiger partial charge is 0.368 e. The summed E-state index contributed by atoms with van der Waals surface area (Å²) in [5.41, 5.74) is 0.895. The van der Waals surface area contributed by atoms with Gasteiger partial charge in [0, 0.05) is 24.3 Å². The Balaban J connectivity index is 1.98. The lowest BCUT2D eigenvalue weighted by atomic mass is 10.0. The maximum atomic E-state index is 13.5. The maximum absolute atomic E-state index is 13.5. The zero-order chi connectivity index (χ0) is 21.3. The number of benzene rings is 1. The highest BCUT2D eigenvalue weighted by Gasteiger charge is 2.30. The molecule has 1 aromatic carbocycles. The Bertz CT molecular complexity index is 1100. The lowest BCUT2D eigenvalue weighted by molar-refractivity contribution is 0.197. The summed E-state index contributed by atoms with van der Waals surface area (Å²) in [6.07, 6.45) is 2.96. The zero-order valence-corrected chi connectivity index (χ0v) is 17.1. The quantitative estimate of drug-likeness (QED) is 0.555. The lowest BCUT2D eigenvalue weighted by Crippen LogP contribution is -2.33. The lowest BCUT2D eigenvalue weighted by Gasteiger charge is -2.16. The molecule has 1 aliphatic heterocycles. The van der Waals surface area contributed by atoms with Gasteiger partial charge in [-0.2, -0.15) is 10.4 Å². The second-order valence-electron chi connectivity index (χ2n) is 7.35. The Kier molecular flexibility index (Phi) is 5.75. The molecule has 0 bridgehead atoms. The first-order valence-corrected chi connectivity index (χ1v) is 10.6. The van der Waals surface area contributed by atoms with Crippen LogP contribution < -0.4 is 10.0 Å². The topological polar surface area (TPSA) is 127 Å². The Labute approximate surface area is 169 Å². The highest BCUT2D eigenvalue weighted by atomic mass is 32.2. The first-order chi connectivity index (χ1) is 13.6. The molecule has 3 atom stereocenters. The van der Waals surface area contributed by atoms with Crippen LogP contribution in [0, 0.1) is 27.8 Å². The molecule has 1 aliphatic rings. The Morgan fingerprint density at radius 1 is 1.52 bits per heavy atom. The van der Waals surface area contributed by atoms with Gasteiger partial charge in [0.15, 0.2) is 21.2 Å². The Morgan fingerprint density at radius 3 is 2.90 bits per heavy atom. The highest BCUT2D eigenvalue weighted by Crippen LogP contribution is 2.30. The fraction of sp³-hybridized carbons (Fsp3) is 0.368. The van der Waals surface area contributed by atoms with Crippen LogP contribution in [0.1, 0.15) is 43.3 Å². The molecule has 2 heterocycles. The van der Waals surface area contributed by atoms with Crippen LogP contribution in [-0.4, -0.2) is 25.1 Å². The van der Waals surface area contributed by atoms with Crippen molar-refractivity contribution < 1.29 is 13.7 Å². The smallest absolute Gasteiger partial charge is 0.179 e. The van der Waals surface area contributed by atoms with Gasteiger partial charge in [-0.3, -0.25) is 4.68 Å². The number of fused-ring (bicyclic) bond motifs is 1. The fourth-order valence-electron chi connectivity index (χ4n) is 3.30.